The molecular weight excluding hydrogens is 378 g/mol. The molecule has 12 heteroatoms. The quantitative estimate of drug-likeness (QED) is 0.146. The predicted octanol–water partition coefficient (Wildman–Crippen LogP) is -2.86. The summed E-state index contributed by atoms with van der Waals surface area (Å²) in [7, 11) is 2.66. The first-order valence-corrected chi connectivity index (χ1v) is 8.72. The number of ether oxygens (including phenoxy) is 2. The lowest BCUT2D eigenvalue weighted by Gasteiger charge is -2.46. The molecule has 1 saturated heterocycles. The van der Waals surface area contributed by atoms with Crippen molar-refractivity contribution in [1.82, 2.24) is 10.7 Å². The average molecular weight is 407 g/mol. The minimum atomic E-state index is -2.28. The summed E-state index contributed by atoms with van der Waals surface area (Å²) in [5, 5.41) is 55.3. The van der Waals surface area contributed by atoms with E-state index in [2.05, 4.69) is 15.8 Å². The second kappa shape index (κ2) is 10.6. The molecule has 0 aromatic heterocycles. The van der Waals surface area contributed by atoms with Crippen molar-refractivity contribution < 1.29 is 44.6 Å². The van der Waals surface area contributed by atoms with Gasteiger partial charge in [0.15, 0.2) is 0 Å². The van der Waals surface area contributed by atoms with Gasteiger partial charge in [0.25, 0.3) is 5.79 Å². The highest BCUT2D eigenvalue weighted by molar-refractivity contribution is 5.87. The summed E-state index contributed by atoms with van der Waals surface area (Å²) in [6, 6.07) is -1.24. The van der Waals surface area contributed by atoms with Crippen LogP contribution in [0.4, 0.5) is 0 Å². The Morgan fingerprint density at radius 2 is 2.00 bits per heavy atom. The second-order valence-corrected chi connectivity index (χ2v) is 6.52. The molecule has 162 valence electrons. The van der Waals surface area contributed by atoms with Crippen molar-refractivity contribution in [3.05, 3.63) is 0 Å². The van der Waals surface area contributed by atoms with E-state index in [0.29, 0.717) is 12.1 Å². The van der Waals surface area contributed by atoms with Gasteiger partial charge in [-0.3, -0.25) is 4.79 Å². The number of nitrogens with one attached hydrogen (secondary N) is 2. The van der Waals surface area contributed by atoms with E-state index in [1.165, 1.54) is 0 Å². The zero-order valence-corrected chi connectivity index (χ0v) is 16.0. The van der Waals surface area contributed by atoms with Crippen LogP contribution in [0.5, 0.6) is 0 Å². The highest BCUT2D eigenvalue weighted by atomic mass is 16.7. The van der Waals surface area contributed by atoms with Gasteiger partial charge in [0.1, 0.15) is 18.3 Å². The Balaban J connectivity index is 3.01. The van der Waals surface area contributed by atoms with Crippen LogP contribution in [-0.4, -0.2) is 100 Å². The van der Waals surface area contributed by atoms with Gasteiger partial charge in [0, 0.05) is 32.7 Å². The van der Waals surface area contributed by atoms with Crippen LogP contribution in [0.1, 0.15) is 26.2 Å². The van der Waals surface area contributed by atoms with Crippen LogP contribution in [0.25, 0.3) is 0 Å². The number of hydrogen-bond donors (Lipinski definition) is 7. The maximum absolute atomic E-state index is 12.2. The molecule has 0 radical (unpaired) electrons. The summed E-state index contributed by atoms with van der Waals surface area (Å²) in [4.78, 5) is 23.8. The average Bonchev–Trinajstić information content (AvgIpc) is 2.66. The number of carboxylic acid groups (broad SMARTS) is 1. The number of nitrogens with zero attached hydrogens (tertiary/aromatic N) is 1. The van der Waals surface area contributed by atoms with E-state index in [4.69, 9.17) is 14.6 Å². The number of hydrogen-bond acceptors (Lipinski definition) is 10. The minimum Gasteiger partial charge on any atom is -0.477 e. The first-order valence-electron chi connectivity index (χ1n) is 8.72. The van der Waals surface area contributed by atoms with E-state index in [-0.39, 0.29) is 6.42 Å². The lowest BCUT2D eigenvalue weighted by Crippen LogP contribution is -2.67. The lowest BCUT2D eigenvalue weighted by atomic mass is 9.88. The van der Waals surface area contributed by atoms with Crippen LogP contribution < -0.4 is 10.7 Å². The van der Waals surface area contributed by atoms with Crippen LogP contribution in [0.3, 0.4) is 0 Å². The fourth-order valence-electron chi connectivity index (χ4n) is 2.91. The van der Waals surface area contributed by atoms with Gasteiger partial charge >= 0.3 is 5.97 Å². The molecule has 1 amide bonds. The third-order valence-corrected chi connectivity index (χ3v) is 4.49. The van der Waals surface area contributed by atoms with Crippen LogP contribution in [0.15, 0.2) is 5.10 Å². The van der Waals surface area contributed by atoms with Crippen LogP contribution >= 0.6 is 0 Å². The second-order valence-electron chi connectivity index (χ2n) is 6.52. The van der Waals surface area contributed by atoms with E-state index < -0.39 is 61.1 Å². The predicted molar refractivity (Wildman–Crippen MR) is 95.3 cm³/mol. The maximum atomic E-state index is 12.2. The van der Waals surface area contributed by atoms with Gasteiger partial charge in [0.05, 0.1) is 18.8 Å². The molecule has 6 atom stereocenters. The Labute approximate surface area is 162 Å². The Morgan fingerprint density at radius 1 is 1.36 bits per heavy atom. The monoisotopic (exact) mass is 407 g/mol. The number of aliphatic hydroxyl groups excluding tert-OH is 4. The third kappa shape index (κ3) is 5.83. The van der Waals surface area contributed by atoms with Crippen molar-refractivity contribution in [2.24, 2.45) is 5.10 Å². The molecule has 0 bridgehead atoms. The molecule has 7 N–H and O–H groups in total. The van der Waals surface area contributed by atoms with E-state index in [1.807, 2.05) is 0 Å². The smallest absolute Gasteiger partial charge is 0.364 e. The lowest BCUT2D eigenvalue weighted by molar-refractivity contribution is -0.303. The highest BCUT2D eigenvalue weighted by Crippen LogP contribution is 2.33. The van der Waals surface area contributed by atoms with Gasteiger partial charge in [-0.2, -0.15) is 5.10 Å². The number of carbonyl (C=O) groups is 2. The van der Waals surface area contributed by atoms with Crippen molar-refractivity contribution in [2.75, 3.05) is 20.8 Å². The number of aliphatic carboxylic acids is 1. The molecule has 0 aromatic carbocycles. The molecular formula is C16H29N3O9. The highest BCUT2D eigenvalue weighted by Gasteiger charge is 2.55. The Kier molecular flexibility index (Phi) is 9.20. The summed E-state index contributed by atoms with van der Waals surface area (Å²) in [6.07, 6.45) is -6.71. The first kappa shape index (κ1) is 24.2. The summed E-state index contributed by atoms with van der Waals surface area (Å²) in [5.74, 6) is -4.33. The Hall–Kier alpha value is -1.83. The number of amides is 1. The van der Waals surface area contributed by atoms with Gasteiger partial charge in [-0.1, -0.05) is 0 Å². The van der Waals surface area contributed by atoms with Gasteiger partial charge in [-0.05, 0) is 13.3 Å². The molecule has 0 saturated carbocycles. The molecule has 1 aliphatic rings. The molecule has 1 rings (SSSR count). The molecule has 0 aliphatic carbocycles. The largest absolute Gasteiger partial charge is 0.477 e. The molecule has 12 nitrogen and oxygen atoms in total. The van der Waals surface area contributed by atoms with Gasteiger partial charge < -0.3 is 45.7 Å². The molecule has 1 heterocycles. The van der Waals surface area contributed by atoms with Crippen molar-refractivity contribution in [3.8, 4) is 0 Å². The number of rotatable bonds is 10. The molecule has 1 fully saturated rings. The number of carboxylic acids is 1. The standard InChI is InChI=1S/C16H29N3O9/c1-8(19-17-2)4-5-11(23)18-12-9(21)6-16(27-3,15(25)26)28-14(12)13(24)10(22)7-20/h9-10,12-14,17,20-22,24H,4-7H2,1-3H3,(H,18,23)(H,25,26)/b19-8+/t9?,10-,12-,13-,14?,16-/m1/s1. The number of carbonyl (C=O) groups excluding carboxylic acids is 1. The van der Waals surface area contributed by atoms with Crippen LogP contribution in [0, 0.1) is 0 Å². The Bertz CT molecular complexity index is 574. The minimum absolute atomic E-state index is 0.0138. The summed E-state index contributed by atoms with van der Waals surface area (Å²) < 4.78 is 10.3. The first-order chi connectivity index (χ1) is 13.1. The normalized spacial score (nSPS) is 30.4. The van der Waals surface area contributed by atoms with Crippen molar-refractivity contribution in [3.63, 3.8) is 0 Å². The van der Waals surface area contributed by atoms with E-state index in [0.717, 1.165) is 7.11 Å². The van der Waals surface area contributed by atoms with E-state index >= 15 is 0 Å². The van der Waals surface area contributed by atoms with Gasteiger partial charge in [-0.25, -0.2) is 4.79 Å². The summed E-state index contributed by atoms with van der Waals surface area (Å²) in [6.45, 7) is 0.872. The summed E-state index contributed by atoms with van der Waals surface area (Å²) in [5.41, 5.74) is 3.25. The topological polar surface area (TPSA) is 190 Å². The number of aliphatic hydroxyl groups is 4. The van der Waals surface area contributed by atoms with Crippen molar-refractivity contribution in [1.29, 1.82) is 0 Å². The van der Waals surface area contributed by atoms with Crippen molar-refractivity contribution >= 4 is 17.6 Å². The maximum Gasteiger partial charge on any atom is 0.364 e. The third-order valence-electron chi connectivity index (χ3n) is 4.49. The molecule has 0 aromatic rings. The Morgan fingerprint density at radius 3 is 2.50 bits per heavy atom. The molecule has 0 spiro atoms. The fourth-order valence-corrected chi connectivity index (χ4v) is 2.91. The van der Waals surface area contributed by atoms with Crippen LogP contribution in [0.2, 0.25) is 0 Å². The molecule has 1 aliphatic heterocycles. The van der Waals surface area contributed by atoms with E-state index in [9.17, 15) is 30.0 Å². The zero-order chi connectivity index (χ0) is 21.5. The zero-order valence-electron chi connectivity index (χ0n) is 16.0. The van der Waals surface area contributed by atoms with E-state index in [1.54, 1.807) is 14.0 Å². The molecule has 2 unspecified atom stereocenters. The van der Waals surface area contributed by atoms with Crippen LogP contribution in [-0.2, 0) is 19.1 Å². The summed E-state index contributed by atoms with van der Waals surface area (Å²) >= 11 is 0. The number of methoxy groups -OCH3 is 1. The fraction of sp³-hybridized carbons (Fsp3) is 0.812. The number of hydrazone groups is 1. The van der Waals surface area contributed by atoms with Gasteiger partial charge in [0.2, 0.25) is 5.91 Å². The van der Waals surface area contributed by atoms with Crippen molar-refractivity contribution in [2.45, 2.75) is 62.4 Å². The molecule has 28 heavy (non-hydrogen) atoms. The van der Waals surface area contributed by atoms with Gasteiger partial charge in [-0.15, -0.1) is 0 Å². The SMILES string of the molecule is CN/N=C(\C)CCC(=O)N[C@@H]1C(O)C[C@](OC)(C(=O)O)OC1[C@H](O)[C@H](O)CO.